The number of amides is 2. The second-order valence-electron chi connectivity index (χ2n) is 7.54. The van der Waals surface area contributed by atoms with Gasteiger partial charge in [0.15, 0.2) is 11.5 Å². The molecule has 0 spiro atoms. The van der Waals surface area contributed by atoms with Crippen LogP contribution in [-0.2, 0) is 4.79 Å². The number of piperidine rings is 1. The fourth-order valence-electron chi connectivity index (χ4n) is 3.86. The Morgan fingerprint density at radius 3 is 2.73 bits per heavy atom. The number of hydrogen-bond donors (Lipinski definition) is 1. The van der Waals surface area contributed by atoms with Gasteiger partial charge in [-0.1, -0.05) is 11.6 Å². The molecule has 2 N–H and O–H groups in total. The first-order chi connectivity index (χ1) is 14.5. The van der Waals surface area contributed by atoms with Crippen LogP contribution in [0.3, 0.4) is 0 Å². The summed E-state index contributed by atoms with van der Waals surface area (Å²) in [6.45, 7) is 1.28. The van der Waals surface area contributed by atoms with E-state index in [1.807, 2.05) is 23.1 Å². The van der Waals surface area contributed by atoms with Crippen LogP contribution in [0, 0.1) is 5.92 Å². The molecule has 3 aromatic rings. The molecule has 0 saturated carbocycles. The second kappa shape index (κ2) is 8.75. The molecule has 2 aromatic heterocycles. The minimum Gasteiger partial charge on any atom is -0.463 e. The lowest BCUT2D eigenvalue weighted by Crippen LogP contribution is -2.40. The predicted molar refractivity (Wildman–Crippen MR) is 113 cm³/mol. The number of halogens is 1. The third kappa shape index (κ3) is 4.41. The van der Waals surface area contributed by atoms with Crippen LogP contribution < -0.4 is 5.73 Å². The van der Waals surface area contributed by atoms with Crippen LogP contribution in [0.2, 0.25) is 5.02 Å². The van der Waals surface area contributed by atoms with E-state index in [0.29, 0.717) is 48.1 Å². The molecule has 4 rings (SSSR count). The van der Waals surface area contributed by atoms with Crippen LogP contribution >= 0.6 is 11.6 Å². The summed E-state index contributed by atoms with van der Waals surface area (Å²) in [6, 6.07) is 12.6. The first-order valence-electron chi connectivity index (χ1n) is 9.98. The summed E-state index contributed by atoms with van der Waals surface area (Å²) >= 11 is 6.02. The molecule has 3 heterocycles. The average molecular weight is 427 g/mol. The summed E-state index contributed by atoms with van der Waals surface area (Å²) in [5.74, 6) is 0.468. The van der Waals surface area contributed by atoms with E-state index in [1.165, 1.54) is 0 Å². The highest BCUT2D eigenvalue weighted by Gasteiger charge is 2.27. The van der Waals surface area contributed by atoms with Crippen molar-refractivity contribution >= 4 is 23.4 Å². The van der Waals surface area contributed by atoms with Crippen LogP contribution in [0.5, 0.6) is 0 Å². The quantitative estimate of drug-likeness (QED) is 0.646. The van der Waals surface area contributed by atoms with Gasteiger partial charge >= 0.3 is 0 Å². The van der Waals surface area contributed by atoms with Gasteiger partial charge in [0, 0.05) is 30.6 Å². The molecule has 7 nitrogen and oxygen atoms in total. The third-order valence-corrected chi connectivity index (χ3v) is 5.63. The molecule has 8 heteroatoms. The van der Waals surface area contributed by atoms with Gasteiger partial charge in [0.1, 0.15) is 5.69 Å². The fraction of sp³-hybridized carbons (Fsp3) is 0.318. The maximum absolute atomic E-state index is 13.2. The number of carbonyl (C=O) groups is 2. The van der Waals surface area contributed by atoms with Crippen LogP contribution in [0.1, 0.15) is 36.2 Å². The Morgan fingerprint density at radius 1 is 1.23 bits per heavy atom. The van der Waals surface area contributed by atoms with Crippen molar-refractivity contribution in [1.29, 1.82) is 0 Å². The topological polar surface area (TPSA) is 94.4 Å². The number of benzene rings is 1. The number of rotatable bonds is 6. The lowest BCUT2D eigenvalue weighted by Gasteiger charge is -2.32. The van der Waals surface area contributed by atoms with Gasteiger partial charge in [-0.05, 0) is 61.6 Å². The number of aromatic nitrogens is 2. The summed E-state index contributed by atoms with van der Waals surface area (Å²) in [4.78, 5) is 26.1. The van der Waals surface area contributed by atoms with Gasteiger partial charge in [0.05, 0.1) is 12.0 Å². The van der Waals surface area contributed by atoms with Crippen molar-refractivity contribution < 1.29 is 14.0 Å². The minimum absolute atomic E-state index is 0.126. The number of carbonyl (C=O) groups excluding carboxylic acids is 2. The molecule has 156 valence electrons. The van der Waals surface area contributed by atoms with E-state index in [4.69, 9.17) is 21.8 Å². The molecule has 1 fully saturated rings. The Hall–Kier alpha value is -3.06. The maximum atomic E-state index is 13.2. The van der Waals surface area contributed by atoms with Gasteiger partial charge in [0.25, 0.3) is 5.91 Å². The lowest BCUT2D eigenvalue weighted by molar-refractivity contribution is -0.118. The Morgan fingerprint density at radius 2 is 2.03 bits per heavy atom. The normalized spacial score (nSPS) is 16.6. The highest BCUT2D eigenvalue weighted by Crippen LogP contribution is 2.27. The fourth-order valence-corrected chi connectivity index (χ4v) is 3.98. The summed E-state index contributed by atoms with van der Waals surface area (Å²) in [5, 5.41) is 5.21. The molecule has 1 aromatic carbocycles. The highest BCUT2D eigenvalue weighted by atomic mass is 35.5. The van der Waals surface area contributed by atoms with Crippen LogP contribution in [0.4, 0.5) is 0 Å². The standard InChI is InChI=1S/C22H23ClN4O3/c23-16-6-8-17(9-7-16)27-19(20-4-2-12-30-20)13-18(25-27)22(29)26-11-1-3-15(14-26)5-10-21(24)28/h2,4,6-9,12-13,15H,1,3,5,10-11,14H2,(H2,24,28). The number of primary amides is 1. The molecule has 30 heavy (non-hydrogen) atoms. The molecule has 0 radical (unpaired) electrons. The Labute approximate surface area is 179 Å². The monoisotopic (exact) mass is 426 g/mol. The second-order valence-corrected chi connectivity index (χ2v) is 7.98. The first kappa shape index (κ1) is 20.2. The van der Waals surface area contributed by atoms with E-state index in [-0.39, 0.29) is 17.7 Å². The van der Waals surface area contributed by atoms with Crippen molar-refractivity contribution in [3.05, 3.63) is 59.4 Å². The van der Waals surface area contributed by atoms with Gasteiger partial charge in [-0.15, -0.1) is 0 Å². The van der Waals surface area contributed by atoms with E-state index >= 15 is 0 Å². The van der Waals surface area contributed by atoms with Crippen molar-refractivity contribution in [2.45, 2.75) is 25.7 Å². The maximum Gasteiger partial charge on any atom is 0.274 e. The van der Waals surface area contributed by atoms with E-state index in [9.17, 15) is 9.59 Å². The van der Waals surface area contributed by atoms with Gasteiger partial charge in [-0.2, -0.15) is 5.10 Å². The summed E-state index contributed by atoms with van der Waals surface area (Å²) in [5.41, 5.74) is 7.10. The predicted octanol–water partition coefficient (Wildman–Crippen LogP) is 3.90. The smallest absolute Gasteiger partial charge is 0.274 e. The Kier molecular flexibility index (Phi) is 5.90. The lowest BCUT2D eigenvalue weighted by atomic mass is 9.93. The summed E-state index contributed by atoms with van der Waals surface area (Å²) in [7, 11) is 0. The van der Waals surface area contributed by atoms with Gasteiger partial charge in [-0.25, -0.2) is 4.68 Å². The van der Waals surface area contributed by atoms with Gasteiger partial charge in [-0.3, -0.25) is 9.59 Å². The molecule has 1 saturated heterocycles. The largest absolute Gasteiger partial charge is 0.463 e. The molecule has 1 aliphatic heterocycles. The van der Waals surface area contributed by atoms with E-state index in [0.717, 1.165) is 18.5 Å². The number of furan rings is 1. The zero-order valence-electron chi connectivity index (χ0n) is 16.5. The molecular formula is C22H23ClN4O3. The third-order valence-electron chi connectivity index (χ3n) is 5.38. The molecule has 2 amide bonds. The number of nitrogens with two attached hydrogens (primary N) is 1. The molecular weight excluding hydrogens is 404 g/mol. The molecule has 1 unspecified atom stereocenters. The van der Waals surface area contributed by atoms with Gasteiger partial charge < -0.3 is 15.1 Å². The highest BCUT2D eigenvalue weighted by molar-refractivity contribution is 6.30. The Balaban J connectivity index is 1.61. The van der Waals surface area contributed by atoms with E-state index in [2.05, 4.69) is 5.10 Å². The number of nitrogens with zero attached hydrogens (tertiary/aromatic N) is 3. The molecule has 1 aliphatic rings. The van der Waals surface area contributed by atoms with E-state index < -0.39 is 0 Å². The minimum atomic E-state index is -0.303. The summed E-state index contributed by atoms with van der Waals surface area (Å²) in [6.07, 6.45) is 4.53. The SMILES string of the molecule is NC(=O)CCC1CCCN(C(=O)c2cc(-c3ccco3)n(-c3ccc(Cl)cc3)n2)C1. The number of hydrogen-bond acceptors (Lipinski definition) is 4. The van der Waals surface area contributed by atoms with Crippen molar-refractivity contribution in [1.82, 2.24) is 14.7 Å². The molecule has 0 bridgehead atoms. The van der Waals surface area contributed by atoms with Crippen molar-refractivity contribution in [3.63, 3.8) is 0 Å². The zero-order valence-corrected chi connectivity index (χ0v) is 17.2. The average Bonchev–Trinajstić information content (AvgIpc) is 3.42. The van der Waals surface area contributed by atoms with Crippen molar-refractivity contribution in [2.75, 3.05) is 13.1 Å². The zero-order chi connectivity index (χ0) is 21.1. The van der Waals surface area contributed by atoms with Crippen molar-refractivity contribution in [2.24, 2.45) is 11.7 Å². The number of likely N-dealkylation sites (tertiary alicyclic amines) is 1. The van der Waals surface area contributed by atoms with Crippen molar-refractivity contribution in [3.8, 4) is 17.1 Å². The molecule has 0 aliphatic carbocycles. The van der Waals surface area contributed by atoms with Crippen LogP contribution in [0.25, 0.3) is 17.1 Å². The van der Waals surface area contributed by atoms with Gasteiger partial charge in [0.2, 0.25) is 5.91 Å². The first-order valence-corrected chi connectivity index (χ1v) is 10.4. The van der Waals surface area contributed by atoms with E-state index in [1.54, 1.807) is 35.2 Å². The van der Waals surface area contributed by atoms with Crippen LogP contribution in [-0.4, -0.2) is 39.6 Å². The van der Waals surface area contributed by atoms with Crippen LogP contribution in [0.15, 0.2) is 53.1 Å². The molecule has 1 atom stereocenters. The Bertz CT molecular complexity index is 1030. The summed E-state index contributed by atoms with van der Waals surface area (Å²) < 4.78 is 7.25.